The van der Waals surface area contributed by atoms with E-state index in [2.05, 4.69) is 4.98 Å². The smallest absolute Gasteiger partial charge is 0.365 e. The number of nitrogens with two attached hydrogens (primary N) is 1. The summed E-state index contributed by atoms with van der Waals surface area (Å²) in [6.07, 6.45) is -0.698. The van der Waals surface area contributed by atoms with E-state index in [-0.39, 0.29) is 0 Å². The lowest BCUT2D eigenvalue weighted by atomic mass is 10.0. The lowest BCUT2D eigenvalue weighted by Crippen LogP contribution is -2.54. The highest BCUT2D eigenvalue weighted by Gasteiger charge is 2.59. The number of hydrogen-bond acceptors (Lipinski definition) is 3. The molecule has 2 N–H and O–H groups in total. The molecule has 1 aromatic heterocycles. The third kappa shape index (κ3) is 3.90. The molecule has 0 aliphatic rings. The summed E-state index contributed by atoms with van der Waals surface area (Å²) in [6, 6.07) is 1.54. The van der Waals surface area contributed by atoms with Gasteiger partial charge in [-0.3, -0.25) is 4.79 Å². The number of hydrogen-bond donors (Lipinski definition) is 1. The second-order valence-electron chi connectivity index (χ2n) is 5.36. The van der Waals surface area contributed by atoms with Crippen LogP contribution in [-0.2, 0) is 0 Å². The first-order valence-electron chi connectivity index (χ1n) is 6.39. The van der Waals surface area contributed by atoms with Crippen molar-refractivity contribution in [2.45, 2.75) is 31.5 Å². The summed E-state index contributed by atoms with van der Waals surface area (Å²) >= 11 is 0. The summed E-state index contributed by atoms with van der Waals surface area (Å²) in [7, 11) is 0. The number of carbonyl (C=O) groups is 1. The van der Waals surface area contributed by atoms with Gasteiger partial charge in [0.1, 0.15) is 5.82 Å². The molecule has 24 heavy (non-hydrogen) atoms. The van der Waals surface area contributed by atoms with E-state index in [1.807, 2.05) is 5.92 Å². The van der Waals surface area contributed by atoms with Crippen molar-refractivity contribution in [2.24, 2.45) is 5.73 Å². The van der Waals surface area contributed by atoms with Crippen LogP contribution in [0, 0.1) is 18.3 Å². The van der Waals surface area contributed by atoms with Gasteiger partial charge in [-0.25, -0.2) is 4.98 Å². The number of alkyl halides is 5. The molecule has 0 bridgehead atoms. The number of anilines is 1. The summed E-state index contributed by atoms with van der Waals surface area (Å²) in [4.78, 5) is 14.9. The Morgan fingerprint density at radius 3 is 2.25 bits per heavy atom. The van der Waals surface area contributed by atoms with Crippen LogP contribution in [0.4, 0.5) is 32.2 Å². The van der Waals surface area contributed by atoms with Crippen LogP contribution in [0.3, 0.4) is 0 Å². The third-order valence-electron chi connectivity index (χ3n) is 3.16. The Hall–Kier alpha value is -2.44. The fourth-order valence-corrected chi connectivity index (χ4v) is 1.73. The molecule has 1 rings (SSSR count). The third-order valence-corrected chi connectivity index (χ3v) is 3.16. The summed E-state index contributed by atoms with van der Waals surface area (Å²) in [5.41, 5.74) is 2.75. The number of nitrogens with zero attached hydrogens (tertiary/aromatic N) is 2. The van der Waals surface area contributed by atoms with Crippen LogP contribution < -0.4 is 10.6 Å². The van der Waals surface area contributed by atoms with Gasteiger partial charge in [0, 0.05) is 0 Å². The first kappa shape index (κ1) is 19.6. The van der Waals surface area contributed by atoms with E-state index in [9.17, 15) is 31.1 Å². The van der Waals surface area contributed by atoms with Crippen LogP contribution in [0.25, 0.3) is 0 Å². The Balaban J connectivity index is 3.56. The van der Waals surface area contributed by atoms with Crippen LogP contribution in [0.2, 0.25) is 0 Å². The molecule has 0 atom stereocenters. The van der Waals surface area contributed by atoms with E-state index >= 15 is 0 Å². The van der Waals surface area contributed by atoms with Gasteiger partial charge in [-0.15, -0.1) is 6.42 Å². The summed E-state index contributed by atoms with van der Waals surface area (Å²) in [5.74, 6) is -6.37. The largest absolute Gasteiger partial charge is 0.455 e. The predicted molar refractivity (Wildman–Crippen MR) is 74.0 cm³/mol. The average Bonchev–Trinajstić information content (AvgIpc) is 2.43. The molecule has 0 unspecified atom stereocenters. The van der Waals surface area contributed by atoms with Gasteiger partial charge in [0.2, 0.25) is 5.95 Å². The summed E-state index contributed by atoms with van der Waals surface area (Å²) in [5, 5.41) is 0. The Bertz CT molecular complexity index is 678. The fraction of sp³-hybridized carbons (Fsp3) is 0.429. The van der Waals surface area contributed by atoms with E-state index in [4.69, 9.17) is 12.2 Å². The van der Waals surface area contributed by atoms with Crippen molar-refractivity contribution < 1.29 is 31.1 Å². The van der Waals surface area contributed by atoms with Crippen LogP contribution >= 0.6 is 0 Å². The number of rotatable bonds is 5. The SMILES string of the molecule is C#CC(C)(C)N(CC(F)(F)C(F)(F)F)c1nc(F)ccc1C(N)=O. The topological polar surface area (TPSA) is 59.2 Å². The molecule has 0 fully saturated rings. The molecule has 0 saturated heterocycles. The maximum absolute atomic E-state index is 13.5. The number of halogens is 6. The number of carbonyl (C=O) groups excluding carboxylic acids is 1. The quantitative estimate of drug-likeness (QED) is 0.503. The zero-order chi connectivity index (χ0) is 18.9. The number of aromatic nitrogens is 1. The minimum absolute atomic E-state index is 0.323. The zero-order valence-electron chi connectivity index (χ0n) is 12.6. The van der Waals surface area contributed by atoms with Gasteiger partial charge in [0.15, 0.2) is 0 Å². The number of primary amides is 1. The average molecular weight is 353 g/mol. The normalized spacial score (nSPS) is 12.6. The van der Waals surface area contributed by atoms with Gasteiger partial charge in [0.25, 0.3) is 5.91 Å². The van der Waals surface area contributed by atoms with Gasteiger partial charge in [-0.1, -0.05) is 5.92 Å². The molecule has 0 aliphatic carbocycles. The summed E-state index contributed by atoms with van der Waals surface area (Å²) in [6.45, 7) is 0.304. The van der Waals surface area contributed by atoms with Gasteiger partial charge in [-0.05, 0) is 26.0 Å². The van der Waals surface area contributed by atoms with Crippen LogP contribution in [0.1, 0.15) is 24.2 Å². The number of amides is 1. The second-order valence-corrected chi connectivity index (χ2v) is 5.36. The van der Waals surface area contributed by atoms with Gasteiger partial charge >= 0.3 is 12.1 Å². The highest BCUT2D eigenvalue weighted by molar-refractivity contribution is 5.97. The number of terminal acetylenes is 1. The lowest BCUT2D eigenvalue weighted by Gasteiger charge is -2.38. The maximum atomic E-state index is 13.5. The summed E-state index contributed by atoms with van der Waals surface area (Å²) < 4.78 is 77.9. The van der Waals surface area contributed by atoms with Crippen molar-refractivity contribution in [1.82, 2.24) is 4.98 Å². The molecule has 4 nitrogen and oxygen atoms in total. The Morgan fingerprint density at radius 2 is 1.83 bits per heavy atom. The highest BCUT2D eigenvalue weighted by Crippen LogP contribution is 2.39. The molecule has 1 aromatic rings. The molecular weight excluding hydrogens is 340 g/mol. The molecule has 1 heterocycles. The van der Waals surface area contributed by atoms with Crippen LogP contribution in [0.15, 0.2) is 12.1 Å². The lowest BCUT2D eigenvalue weighted by molar-refractivity contribution is -0.277. The minimum Gasteiger partial charge on any atom is -0.365 e. The van der Waals surface area contributed by atoms with Crippen molar-refractivity contribution in [2.75, 3.05) is 11.4 Å². The van der Waals surface area contributed by atoms with E-state index in [0.717, 1.165) is 19.9 Å². The Morgan fingerprint density at radius 1 is 1.29 bits per heavy atom. The predicted octanol–water partition coefficient (Wildman–Crippen LogP) is 2.74. The maximum Gasteiger partial charge on any atom is 0.455 e. The Kier molecular flexibility index (Phi) is 5.08. The first-order chi connectivity index (χ1) is 10.7. The molecule has 132 valence electrons. The van der Waals surface area contributed by atoms with Crippen molar-refractivity contribution in [1.29, 1.82) is 0 Å². The van der Waals surface area contributed by atoms with E-state index < -0.39 is 47.4 Å². The molecule has 0 spiro atoms. The first-order valence-corrected chi connectivity index (χ1v) is 6.39. The number of pyridine rings is 1. The molecule has 10 heteroatoms. The minimum atomic E-state index is -5.88. The molecule has 0 aromatic carbocycles. The van der Waals surface area contributed by atoms with Crippen molar-refractivity contribution >= 4 is 11.7 Å². The van der Waals surface area contributed by atoms with Gasteiger partial charge in [-0.2, -0.15) is 26.3 Å². The van der Waals surface area contributed by atoms with Gasteiger partial charge < -0.3 is 10.6 Å². The fourth-order valence-electron chi connectivity index (χ4n) is 1.73. The van der Waals surface area contributed by atoms with E-state index in [1.165, 1.54) is 0 Å². The molecule has 0 radical (unpaired) electrons. The molecule has 0 saturated carbocycles. The van der Waals surface area contributed by atoms with Crippen molar-refractivity contribution in [3.05, 3.63) is 23.6 Å². The monoisotopic (exact) mass is 353 g/mol. The standard InChI is InChI=1S/C14H13F6N3O/c1-4-12(2,3)23(7-13(16,17)14(18,19)20)11-8(10(21)24)5-6-9(15)22-11/h1,5-6H,7H2,2-3H3,(H2,21,24). The molecular formula is C14H13F6N3O. The van der Waals surface area contributed by atoms with Crippen molar-refractivity contribution in [3.8, 4) is 12.3 Å². The second kappa shape index (κ2) is 6.22. The Labute approximate surface area is 133 Å². The van der Waals surface area contributed by atoms with E-state index in [1.54, 1.807) is 0 Å². The zero-order valence-corrected chi connectivity index (χ0v) is 12.6. The molecule has 1 amide bonds. The highest BCUT2D eigenvalue weighted by atomic mass is 19.4. The van der Waals surface area contributed by atoms with Gasteiger partial charge in [0.05, 0.1) is 17.6 Å². The van der Waals surface area contributed by atoms with E-state index in [0.29, 0.717) is 11.0 Å². The van der Waals surface area contributed by atoms with Crippen molar-refractivity contribution in [3.63, 3.8) is 0 Å². The van der Waals surface area contributed by atoms with Crippen LogP contribution in [-0.4, -0.2) is 35.1 Å². The molecule has 0 aliphatic heterocycles. The van der Waals surface area contributed by atoms with Crippen LogP contribution in [0.5, 0.6) is 0 Å².